The van der Waals surface area contributed by atoms with Crippen LogP contribution in [0.1, 0.15) is 6.23 Å². The number of thioether (sulfide) groups is 1. The first-order valence-electron chi connectivity index (χ1n) is 4.95. The first kappa shape index (κ1) is 12.8. The number of halogens is 1. The zero-order chi connectivity index (χ0) is 11.3. The van der Waals surface area contributed by atoms with Gasteiger partial charge in [0.05, 0.1) is 18.0 Å². The molecule has 1 fully saturated rings. The summed E-state index contributed by atoms with van der Waals surface area (Å²) in [5.74, 6) is 0. The lowest BCUT2D eigenvalue weighted by Crippen LogP contribution is -2.30. The molecule has 2 aliphatic heterocycles. The fraction of sp³-hybridized carbons (Fsp3) is 0.556. The summed E-state index contributed by atoms with van der Waals surface area (Å²) in [4.78, 5) is 4.06. The van der Waals surface area contributed by atoms with Gasteiger partial charge in [-0.2, -0.15) is 0 Å². The van der Waals surface area contributed by atoms with E-state index >= 15 is 0 Å². The second-order valence-electron chi connectivity index (χ2n) is 3.82. The van der Waals surface area contributed by atoms with E-state index in [1.54, 1.807) is 16.8 Å². The molecule has 0 amide bonds. The molecule has 4 unspecified atom stereocenters. The van der Waals surface area contributed by atoms with E-state index < -0.39 is 12.2 Å². The SMILES string of the molecule is Cl.N=c1ccn2c(n1)SC1C(O)C(CO)OC12. The molecular weight excluding hydrogens is 266 g/mol. The van der Waals surface area contributed by atoms with Gasteiger partial charge in [0, 0.05) is 6.20 Å². The molecule has 1 saturated heterocycles. The Morgan fingerprint density at radius 2 is 2.35 bits per heavy atom. The molecule has 0 bridgehead atoms. The molecule has 0 aliphatic carbocycles. The minimum atomic E-state index is -0.698. The number of ether oxygens (including phenoxy) is 1. The second kappa shape index (κ2) is 4.58. The van der Waals surface area contributed by atoms with Crippen LogP contribution >= 0.6 is 24.2 Å². The standard InChI is InChI=1S/C9H11N3O3S.ClH/c10-5-1-2-12-8-7(16-9(12)11-5)6(14)4(3-13)15-8;/h1-2,4,6-8,10,13-14H,3H2;1H. The summed E-state index contributed by atoms with van der Waals surface area (Å²) < 4.78 is 7.35. The largest absolute Gasteiger partial charge is 0.394 e. The van der Waals surface area contributed by atoms with E-state index in [2.05, 4.69) is 4.98 Å². The Morgan fingerprint density at radius 3 is 3.06 bits per heavy atom. The maximum absolute atomic E-state index is 9.91. The third kappa shape index (κ3) is 1.88. The summed E-state index contributed by atoms with van der Waals surface area (Å²) in [6.45, 7) is -0.186. The summed E-state index contributed by atoms with van der Waals surface area (Å²) in [7, 11) is 0. The van der Waals surface area contributed by atoms with Crippen LogP contribution in [0.2, 0.25) is 0 Å². The Labute approximate surface area is 108 Å². The van der Waals surface area contributed by atoms with Crippen molar-refractivity contribution in [2.45, 2.75) is 28.8 Å². The maximum atomic E-state index is 9.91. The van der Waals surface area contributed by atoms with Crippen LogP contribution in [-0.2, 0) is 4.74 Å². The number of nitrogens with zero attached hydrogens (tertiary/aromatic N) is 2. The fourth-order valence-electron chi connectivity index (χ4n) is 2.04. The smallest absolute Gasteiger partial charge is 0.172 e. The molecule has 1 aromatic heterocycles. The van der Waals surface area contributed by atoms with Gasteiger partial charge in [0.1, 0.15) is 11.6 Å². The van der Waals surface area contributed by atoms with Crippen molar-refractivity contribution >= 4 is 24.2 Å². The lowest BCUT2D eigenvalue weighted by atomic mass is 10.2. The predicted octanol–water partition coefficient (Wildman–Crippen LogP) is -0.491. The molecule has 1 aromatic rings. The Hall–Kier alpha value is -0.600. The van der Waals surface area contributed by atoms with Gasteiger partial charge in [0.25, 0.3) is 0 Å². The second-order valence-corrected chi connectivity index (χ2v) is 4.97. The minimum absolute atomic E-state index is 0. The van der Waals surface area contributed by atoms with Crippen molar-refractivity contribution in [1.82, 2.24) is 9.55 Å². The molecule has 17 heavy (non-hydrogen) atoms. The lowest BCUT2D eigenvalue weighted by molar-refractivity contribution is -0.0467. The monoisotopic (exact) mass is 277 g/mol. The zero-order valence-corrected chi connectivity index (χ0v) is 10.3. The summed E-state index contributed by atoms with van der Waals surface area (Å²) in [5, 5.41) is 26.9. The normalized spacial score (nSPS) is 34.0. The zero-order valence-electron chi connectivity index (χ0n) is 8.68. The number of hydrogen-bond acceptors (Lipinski definition) is 6. The van der Waals surface area contributed by atoms with Crippen LogP contribution in [-0.4, -0.2) is 43.8 Å². The molecule has 6 nitrogen and oxygen atoms in total. The fourth-order valence-corrected chi connectivity index (χ4v) is 3.34. The number of rotatable bonds is 1. The van der Waals surface area contributed by atoms with Crippen LogP contribution in [0.5, 0.6) is 0 Å². The van der Waals surface area contributed by atoms with Crippen molar-refractivity contribution in [1.29, 1.82) is 5.41 Å². The van der Waals surface area contributed by atoms with Gasteiger partial charge in [-0.25, -0.2) is 4.98 Å². The van der Waals surface area contributed by atoms with E-state index in [1.165, 1.54) is 11.8 Å². The van der Waals surface area contributed by atoms with Gasteiger partial charge in [0.2, 0.25) is 0 Å². The molecule has 8 heteroatoms. The van der Waals surface area contributed by atoms with Crippen molar-refractivity contribution in [2.75, 3.05) is 6.61 Å². The first-order valence-corrected chi connectivity index (χ1v) is 5.83. The highest BCUT2D eigenvalue weighted by molar-refractivity contribution is 8.00. The summed E-state index contributed by atoms with van der Waals surface area (Å²) in [6.07, 6.45) is 0.212. The van der Waals surface area contributed by atoms with Crippen LogP contribution < -0.4 is 5.49 Å². The van der Waals surface area contributed by atoms with E-state index in [9.17, 15) is 5.11 Å². The Bertz CT molecular complexity index is 483. The Kier molecular flexibility index (Phi) is 3.46. The number of fused-ring (bicyclic) bond motifs is 3. The first-order chi connectivity index (χ1) is 7.70. The van der Waals surface area contributed by atoms with Gasteiger partial charge in [0.15, 0.2) is 11.4 Å². The highest BCUT2D eigenvalue weighted by Gasteiger charge is 2.49. The molecule has 4 atom stereocenters. The van der Waals surface area contributed by atoms with E-state index in [-0.39, 0.29) is 36.0 Å². The molecule has 94 valence electrons. The number of nitrogens with one attached hydrogen (secondary N) is 1. The minimum Gasteiger partial charge on any atom is -0.394 e. The number of aliphatic hydroxyl groups is 2. The van der Waals surface area contributed by atoms with Gasteiger partial charge in [-0.05, 0) is 6.07 Å². The van der Waals surface area contributed by atoms with E-state index in [1.807, 2.05) is 0 Å². The van der Waals surface area contributed by atoms with Crippen molar-refractivity contribution in [3.05, 3.63) is 17.8 Å². The van der Waals surface area contributed by atoms with Crippen LogP contribution in [0.4, 0.5) is 0 Å². The van der Waals surface area contributed by atoms with Gasteiger partial charge >= 0.3 is 0 Å². The average molecular weight is 278 g/mol. The van der Waals surface area contributed by atoms with Gasteiger partial charge in [-0.15, -0.1) is 12.4 Å². The average Bonchev–Trinajstić information content (AvgIpc) is 2.75. The molecule has 3 heterocycles. The third-order valence-electron chi connectivity index (χ3n) is 2.84. The maximum Gasteiger partial charge on any atom is 0.172 e. The van der Waals surface area contributed by atoms with Crippen LogP contribution in [0.15, 0.2) is 17.4 Å². The quantitative estimate of drug-likeness (QED) is 0.603. The van der Waals surface area contributed by atoms with Crippen LogP contribution in [0.3, 0.4) is 0 Å². The van der Waals surface area contributed by atoms with Crippen LogP contribution in [0.25, 0.3) is 0 Å². The summed E-state index contributed by atoms with van der Waals surface area (Å²) in [6, 6.07) is 1.58. The molecule has 0 radical (unpaired) electrons. The molecule has 3 N–H and O–H groups in total. The predicted molar refractivity (Wildman–Crippen MR) is 62.0 cm³/mol. The summed E-state index contributed by atoms with van der Waals surface area (Å²) in [5.41, 5.74) is 0.201. The molecule has 3 rings (SSSR count). The van der Waals surface area contributed by atoms with Gasteiger partial charge in [-0.1, -0.05) is 11.8 Å². The topological polar surface area (TPSA) is 91.4 Å². The molecule has 2 aliphatic rings. The lowest BCUT2D eigenvalue weighted by Gasteiger charge is -2.14. The number of hydrogen-bond donors (Lipinski definition) is 3. The molecule has 0 saturated carbocycles. The summed E-state index contributed by atoms with van der Waals surface area (Å²) >= 11 is 1.39. The van der Waals surface area contributed by atoms with Crippen LogP contribution in [0, 0.1) is 5.41 Å². The van der Waals surface area contributed by atoms with Crippen molar-refractivity contribution in [2.24, 2.45) is 0 Å². The van der Waals surface area contributed by atoms with Crippen molar-refractivity contribution < 1.29 is 14.9 Å². The van der Waals surface area contributed by atoms with E-state index in [0.717, 1.165) is 0 Å². The highest BCUT2D eigenvalue weighted by Crippen LogP contribution is 2.46. The van der Waals surface area contributed by atoms with Crippen molar-refractivity contribution in [3.8, 4) is 0 Å². The Morgan fingerprint density at radius 1 is 1.59 bits per heavy atom. The van der Waals surface area contributed by atoms with E-state index in [4.69, 9.17) is 15.3 Å². The molecular formula is C9H12ClN3O3S. The molecule has 0 spiro atoms. The Balaban J connectivity index is 0.00000108. The third-order valence-corrected chi connectivity index (χ3v) is 4.14. The number of aliphatic hydroxyl groups excluding tert-OH is 2. The number of aromatic nitrogens is 2. The van der Waals surface area contributed by atoms with Gasteiger partial charge in [-0.3, -0.25) is 9.98 Å². The molecule has 0 aromatic carbocycles. The highest BCUT2D eigenvalue weighted by atomic mass is 35.5. The van der Waals surface area contributed by atoms with Crippen molar-refractivity contribution in [3.63, 3.8) is 0 Å². The van der Waals surface area contributed by atoms with E-state index in [0.29, 0.717) is 5.16 Å². The van der Waals surface area contributed by atoms with Gasteiger partial charge < -0.3 is 14.9 Å².